The fraction of sp³-hybridized carbons (Fsp3) is 0.280. The average Bonchev–Trinajstić information content (AvgIpc) is 3.10. The molecule has 7 nitrogen and oxygen atoms in total. The highest BCUT2D eigenvalue weighted by Gasteiger charge is 2.15. The van der Waals surface area contributed by atoms with Crippen LogP contribution in [0.1, 0.15) is 41.6 Å². The molecule has 1 saturated heterocycles. The number of nitrogens with zero attached hydrogens (tertiary/aromatic N) is 2. The molecule has 172 valence electrons. The van der Waals surface area contributed by atoms with Crippen LogP contribution in [-0.4, -0.2) is 32.4 Å². The molecule has 2 heterocycles. The maximum absolute atomic E-state index is 12.6. The van der Waals surface area contributed by atoms with E-state index >= 15 is 0 Å². The third kappa shape index (κ3) is 5.90. The maximum atomic E-state index is 12.6. The average molecular weight is 465 g/mol. The van der Waals surface area contributed by atoms with E-state index in [0.29, 0.717) is 16.9 Å². The van der Waals surface area contributed by atoms with Crippen molar-refractivity contribution in [3.63, 3.8) is 0 Å². The second-order valence-corrected chi connectivity index (χ2v) is 9.94. The fourth-order valence-corrected chi connectivity index (χ4v) is 4.82. The zero-order valence-electron chi connectivity index (χ0n) is 18.6. The van der Waals surface area contributed by atoms with E-state index in [1.807, 2.05) is 13.0 Å². The van der Waals surface area contributed by atoms with Crippen molar-refractivity contribution < 1.29 is 13.2 Å². The number of amides is 1. The molecule has 2 N–H and O–H groups in total. The van der Waals surface area contributed by atoms with Crippen molar-refractivity contribution in [2.24, 2.45) is 0 Å². The first kappa shape index (κ1) is 22.8. The van der Waals surface area contributed by atoms with Crippen LogP contribution in [0, 0.1) is 6.92 Å². The van der Waals surface area contributed by atoms with E-state index in [2.05, 4.69) is 19.9 Å². The zero-order valence-corrected chi connectivity index (χ0v) is 19.4. The summed E-state index contributed by atoms with van der Waals surface area (Å²) in [7, 11) is -3.67. The molecule has 4 rings (SSSR count). The molecule has 0 unspecified atom stereocenters. The number of carbonyl (C=O) groups is 1. The summed E-state index contributed by atoms with van der Waals surface area (Å²) in [5, 5.41) is 2.83. The fourth-order valence-electron chi connectivity index (χ4n) is 3.76. The number of rotatable bonds is 6. The highest BCUT2D eigenvalue weighted by molar-refractivity contribution is 7.92. The predicted octanol–water partition coefficient (Wildman–Crippen LogP) is 4.82. The summed E-state index contributed by atoms with van der Waals surface area (Å²) < 4.78 is 27.6. The maximum Gasteiger partial charge on any atom is 0.261 e. The molecule has 1 fully saturated rings. The van der Waals surface area contributed by atoms with Crippen molar-refractivity contribution in [1.29, 1.82) is 0 Å². The molecule has 1 aliphatic heterocycles. The summed E-state index contributed by atoms with van der Waals surface area (Å²) in [5.41, 5.74) is 2.44. The van der Waals surface area contributed by atoms with E-state index in [4.69, 9.17) is 0 Å². The molecule has 1 aromatic heterocycles. The van der Waals surface area contributed by atoms with Gasteiger partial charge >= 0.3 is 0 Å². The van der Waals surface area contributed by atoms with Gasteiger partial charge in [0.05, 0.1) is 10.5 Å². The lowest BCUT2D eigenvalue weighted by Gasteiger charge is -2.21. The molecule has 33 heavy (non-hydrogen) atoms. The number of pyridine rings is 1. The molecule has 0 saturated carbocycles. The van der Waals surface area contributed by atoms with Crippen LogP contribution in [0.3, 0.4) is 0 Å². The minimum atomic E-state index is -3.67. The lowest BCUT2D eigenvalue weighted by Crippen LogP contribution is -2.25. The van der Waals surface area contributed by atoms with Crippen molar-refractivity contribution in [3.05, 3.63) is 78.0 Å². The lowest BCUT2D eigenvalue weighted by molar-refractivity contribution is 0.102. The van der Waals surface area contributed by atoms with Gasteiger partial charge in [-0.3, -0.25) is 9.52 Å². The highest BCUT2D eigenvalue weighted by Crippen LogP contribution is 2.20. The molecule has 0 bridgehead atoms. The highest BCUT2D eigenvalue weighted by atomic mass is 32.2. The summed E-state index contributed by atoms with van der Waals surface area (Å²) in [6, 6.07) is 16.9. The van der Waals surface area contributed by atoms with Gasteiger partial charge < -0.3 is 10.2 Å². The molecular formula is C25H28N4O3S. The first-order chi connectivity index (χ1) is 15.9. The SMILES string of the molecule is Cc1ccc(S(=O)(=O)Nc2ccc(NC(=O)c3ccc(N4CCCCCC4)nc3)cc2)cc1. The number of sulfonamides is 1. The second-order valence-electron chi connectivity index (χ2n) is 8.26. The minimum absolute atomic E-state index is 0.196. The molecule has 2 aromatic carbocycles. The molecule has 1 amide bonds. The molecule has 0 radical (unpaired) electrons. The van der Waals surface area contributed by atoms with E-state index in [-0.39, 0.29) is 10.8 Å². The Hall–Kier alpha value is -3.39. The van der Waals surface area contributed by atoms with Gasteiger partial charge in [-0.2, -0.15) is 0 Å². The van der Waals surface area contributed by atoms with Gasteiger partial charge in [-0.05, 0) is 68.3 Å². The Kier molecular flexibility index (Phi) is 6.93. The van der Waals surface area contributed by atoms with Gasteiger partial charge in [0, 0.05) is 30.7 Å². The number of aromatic nitrogens is 1. The van der Waals surface area contributed by atoms with Gasteiger partial charge in [0.1, 0.15) is 5.82 Å². The van der Waals surface area contributed by atoms with Gasteiger partial charge in [0.2, 0.25) is 0 Å². The van der Waals surface area contributed by atoms with Crippen LogP contribution in [0.25, 0.3) is 0 Å². The van der Waals surface area contributed by atoms with Gasteiger partial charge in [-0.25, -0.2) is 13.4 Å². The number of carbonyl (C=O) groups excluding carboxylic acids is 1. The Morgan fingerprint density at radius 1 is 0.848 bits per heavy atom. The summed E-state index contributed by atoms with van der Waals surface area (Å²) in [6.07, 6.45) is 6.44. The quantitative estimate of drug-likeness (QED) is 0.546. The standard InChI is InChI=1S/C25H28N4O3S/c1-19-6-13-23(14-7-19)33(31,32)28-22-11-9-21(10-12-22)27-25(30)20-8-15-24(26-18-20)29-16-4-2-3-5-17-29/h6-15,18,28H,2-5,16-17H2,1H3,(H,27,30). The van der Waals surface area contributed by atoms with Crippen LogP contribution < -0.4 is 14.9 Å². The van der Waals surface area contributed by atoms with Crippen LogP contribution in [0.4, 0.5) is 17.2 Å². The number of benzene rings is 2. The summed E-state index contributed by atoms with van der Waals surface area (Å²) >= 11 is 0. The van der Waals surface area contributed by atoms with E-state index in [1.54, 1.807) is 60.8 Å². The number of aryl methyl sites for hydroxylation is 1. The summed E-state index contributed by atoms with van der Waals surface area (Å²) in [6.45, 7) is 3.90. The van der Waals surface area contributed by atoms with E-state index < -0.39 is 10.0 Å². The number of nitrogens with one attached hydrogen (secondary N) is 2. The largest absolute Gasteiger partial charge is 0.357 e. The minimum Gasteiger partial charge on any atom is -0.357 e. The van der Waals surface area contributed by atoms with Crippen LogP contribution in [0.5, 0.6) is 0 Å². The summed E-state index contributed by atoms with van der Waals surface area (Å²) in [5.74, 6) is 0.636. The number of anilines is 3. The molecule has 3 aromatic rings. The Bertz CT molecular complexity index is 1180. The van der Waals surface area contributed by atoms with Crippen molar-refractivity contribution in [1.82, 2.24) is 4.98 Å². The molecule has 8 heteroatoms. The van der Waals surface area contributed by atoms with Crippen molar-refractivity contribution in [2.75, 3.05) is 28.0 Å². The van der Waals surface area contributed by atoms with Crippen LogP contribution in [-0.2, 0) is 10.0 Å². The topological polar surface area (TPSA) is 91.4 Å². The Morgan fingerprint density at radius 3 is 2.09 bits per heavy atom. The van der Waals surface area contributed by atoms with Gasteiger partial charge in [0.15, 0.2) is 0 Å². The van der Waals surface area contributed by atoms with E-state index in [1.165, 1.54) is 25.7 Å². The van der Waals surface area contributed by atoms with Gasteiger partial charge in [-0.1, -0.05) is 30.5 Å². The van der Waals surface area contributed by atoms with Crippen LogP contribution >= 0.6 is 0 Å². The predicted molar refractivity (Wildman–Crippen MR) is 131 cm³/mol. The molecular weight excluding hydrogens is 436 g/mol. The van der Waals surface area contributed by atoms with Crippen molar-refractivity contribution in [2.45, 2.75) is 37.5 Å². The van der Waals surface area contributed by atoms with Crippen molar-refractivity contribution in [3.8, 4) is 0 Å². The van der Waals surface area contributed by atoms with Crippen molar-refractivity contribution >= 4 is 33.1 Å². The first-order valence-corrected chi connectivity index (χ1v) is 12.6. The lowest BCUT2D eigenvalue weighted by atomic mass is 10.2. The third-order valence-electron chi connectivity index (χ3n) is 5.67. The number of hydrogen-bond donors (Lipinski definition) is 2. The van der Waals surface area contributed by atoms with Crippen LogP contribution in [0.15, 0.2) is 71.8 Å². The Morgan fingerprint density at radius 2 is 1.48 bits per heavy atom. The molecule has 0 aliphatic carbocycles. The van der Waals surface area contributed by atoms with E-state index in [0.717, 1.165) is 24.5 Å². The molecule has 0 spiro atoms. The van der Waals surface area contributed by atoms with E-state index in [9.17, 15) is 13.2 Å². The Labute approximate surface area is 194 Å². The summed E-state index contributed by atoms with van der Waals surface area (Å²) in [4.78, 5) is 19.6. The molecule has 1 aliphatic rings. The molecule has 0 atom stereocenters. The zero-order chi connectivity index (χ0) is 23.3. The monoisotopic (exact) mass is 464 g/mol. The van der Waals surface area contributed by atoms with Crippen LogP contribution in [0.2, 0.25) is 0 Å². The number of hydrogen-bond acceptors (Lipinski definition) is 5. The third-order valence-corrected chi connectivity index (χ3v) is 7.06. The second kappa shape index (κ2) is 10.0. The smallest absolute Gasteiger partial charge is 0.261 e. The first-order valence-electron chi connectivity index (χ1n) is 11.1. The Balaban J connectivity index is 1.37. The normalized spacial score (nSPS) is 14.4. The van der Waals surface area contributed by atoms with Gasteiger partial charge in [0.25, 0.3) is 15.9 Å². The van der Waals surface area contributed by atoms with Gasteiger partial charge in [-0.15, -0.1) is 0 Å².